The molecule has 2 aliphatic carbocycles. The molecule has 0 nitrogen and oxygen atoms in total. The normalized spacial score (nSPS) is 19.0. The molecule has 0 bridgehead atoms. The van der Waals surface area contributed by atoms with Crippen molar-refractivity contribution in [2.75, 3.05) is 0 Å². The first-order valence-corrected chi connectivity index (χ1v) is 12.1. The highest BCUT2D eigenvalue weighted by molar-refractivity contribution is 5.80. The average Bonchev–Trinajstić information content (AvgIpc) is 3.21. The highest BCUT2D eigenvalue weighted by atomic mass is 14.4. The first-order valence-electron chi connectivity index (χ1n) is 12.1. The van der Waals surface area contributed by atoms with Gasteiger partial charge in [0.15, 0.2) is 0 Å². The van der Waals surface area contributed by atoms with E-state index in [9.17, 15) is 0 Å². The van der Waals surface area contributed by atoms with E-state index in [1.807, 2.05) is 0 Å². The van der Waals surface area contributed by atoms with E-state index in [1.54, 1.807) is 5.57 Å². The lowest BCUT2D eigenvalue weighted by Crippen LogP contribution is -2.21. The maximum Gasteiger partial charge on any atom is -0.00574 e. The molecule has 0 spiro atoms. The molecule has 0 unspecified atom stereocenters. The Hall–Kier alpha value is -1.82. The van der Waals surface area contributed by atoms with Crippen molar-refractivity contribution in [3.05, 3.63) is 64.7 Å². The molecule has 1 fully saturated rings. The summed E-state index contributed by atoms with van der Waals surface area (Å²) in [6, 6.07) is 16.1. The van der Waals surface area contributed by atoms with Gasteiger partial charge in [0.1, 0.15) is 0 Å². The second-order valence-electron chi connectivity index (χ2n) is 9.56. The van der Waals surface area contributed by atoms with Gasteiger partial charge in [-0.3, -0.25) is 0 Å². The molecular weight excluding hydrogens is 348 g/mol. The first kappa shape index (κ1) is 20.5. The van der Waals surface area contributed by atoms with Crippen LogP contribution in [0.3, 0.4) is 0 Å². The van der Waals surface area contributed by atoms with Crippen molar-refractivity contribution in [3.63, 3.8) is 0 Å². The van der Waals surface area contributed by atoms with Gasteiger partial charge < -0.3 is 0 Å². The van der Waals surface area contributed by atoms with Gasteiger partial charge in [-0.1, -0.05) is 113 Å². The lowest BCUT2D eigenvalue weighted by atomic mass is 9.72. The van der Waals surface area contributed by atoms with Crippen molar-refractivity contribution < 1.29 is 0 Å². The Balaban J connectivity index is 1.58. The largest absolute Gasteiger partial charge is 0.0648 e. The Morgan fingerprint density at radius 1 is 0.793 bits per heavy atom. The fourth-order valence-electron chi connectivity index (χ4n) is 5.69. The molecule has 2 aliphatic rings. The third-order valence-corrected chi connectivity index (χ3v) is 7.65. The Morgan fingerprint density at radius 3 is 2.14 bits per heavy atom. The summed E-state index contributed by atoms with van der Waals surface area (Å²) in [4.78, 5) is 0. The van der Waals surface area contributed by atoms with E-state index in [0.29, 0.717) is 5.41 Å². The van der Waals surface area contributed by atoms with Gasteiger partial charge in [-0.05, 0) is 65.3 Å². The molecule has 154 valence electrons. The van der Waals surface area contributed by atoms with Crippen LogP contribution in [0.15, 0.2) is 48.0 Å². The van der Waals surface area contributed by atoms with Crippen LogP contribution in [0, 0.1) is 5.41 Å². The van der Waals surface area contributed by atoms with E-state index in [1.165, 1.54) is 92.0 Å². The van der Waals surface area contributed by atoms with E-state index >= 15 is 0 Å². The van der Waals surface area contributed by atoms with Gasteiger partial charge >= 0.3 is 0 Å². The van der Waals surface area contributed by atoms with Gasteiger partial charge in [0.05, 0.1) is 0 Å². The summed E-state index contributed by atoms with van der Waals surface area (Å²) in [6.07, 6.45) is 19.0. The zero-order valence-corrected chi connectivity index (χ0v) is 18.6. The molecule has 29 heavy (non-hydrogen) atoms. The van der Waals surface area contributed by atoms with E-state index in [4.69, 9.17) is 0 Å². The van der Waals surface area contributed by atoms with Gasteiger partial charge in [0.25, 0.3) is 0 Å². The van der Waals surface area contributed by atoms with Crippen molar-refractivity contribution in [3.8, 4) is 11.1 Å². The molecular formula is C29H38. The van der Waals surface area contributed by atoms with E-state index < -0.39 is 0 Å². The van der Waals surface area contributed by atoms with Crippen LogP contribution in [0.5, 0.6) is 0 Å². The summed E-state index contributed by atoms with van der Waals surface area (Å²) >= 11 is 0. The zero-order valence-electron chi connectivity index (χ0n) is 18.6. The highest BCUT2D eigenvalue weighted by Crippen LogP contribution is 2.45. The van der Waals surface area contributed by atoms with Crippen LogP contribution >= 0.6 is 0 Å². The van der Waals surface area contributed by atoms with E-state index in [0.717, 1.165) is 12.8 Å². The maximum absolute atomic E-state index is 2.56. The second kappa shape index (κ2) is 9.33. The Labute approximate surface area is 178 Å². The van der Waals surface area contributed by atoms with Crippen LogP contribution in [0.4, 0.5) is 0 Å². The van der Waals surface area contributed by atoms with Crippen molar-refractivity contribution in [1.82, 2.24) is 0 Å². The molecule has 1 saturated carbocycles. The molecule has 0 saturated heterocycles. The van der Waals surface area contributed by atoms with Crippen LogP contribution in [0.25, 0.3) is 17.2 Å². The van der Waals surface area contributed by atoms with Crippen LogP contribution in [-0.2, 0) is 12.8 Å². The summed E-state index contributed by atoms with van der Waals surface area (Å²) in [5.41, 5.74) is 9.44. The van der Waals surface area contributed by atoms with E-state index in [2.05, 4.69) is 62.4 Å². The fraction of sp³-hybridized carbons (Fsp3) is 0.517. The Morgan fingerprint density at radius 2 is 1.48 bits per heavy atom. The predicted molar refractivity (Wildman–Crippen MR) is 127 cm³/mol. The lowest BCUT2D eigenvalue weighted by molar-refractivity contribution is 0.215. The van der Waals surface area contributed by atoms with E-state index in [-0.39, 0.29) is 0 Å². The quantitative estimate of drug-likeness (QED) is 0.481. The summed E-state index contributed by atoms with van der Waals surface area (Å²) in [5.74, 6) is 0. The minimum atomic E-state index is 0.543. The number of aryl methyl sites for hydroxylation is 1. The molecule has 0 aliphatic heterocycles. The van der Waals surface area contributed by atoms with Gasteiger partial charge in [0, 0.05) is 0 Å². The number of hydrogen-bond acceptors (Lipinski definition) is 0. The molecule has 0 heterocycles. The summed E-state index contributed by atoms with van der Waals surface area (Å²) in [6.45, 7) is 4.67. The third kappa shape index (κ3) is 4.68. The number of allylic oxidation sites excluding steroid dienone is 1. The van der Waals surface area contributed by atoms with Crippen LogP contribution in [0.1, 0.15) is 94.7 Å². The predicted octanol–water partition coefficient (Wildman–Crippen LogP) is 8.78. The highest BCUT2D eigenvalue weighted by Gasteiger charge is 2.30. The standard InChI is InChI=1S/C29H38/c1-3-23-14-16-25(17-15-23)27-13-11-12-26-20-24(21-28(26)27)22-29(4-2)18-9-7-5-6-8-10-19-29/h11-17,21H,3-10,18-20,22H2,1-2H3. The van der Waals surface area contributed by atoms with Gasteiger partial charge in [0.2, 0.25) is 0 Å². The zero-order chi connectivity index (χ0) is 20.1. The number of hydrogen-bond donors (Lipinski definition) is 0. The SMILES string of the molecule is CCc1ccc(-c2cccc3c2C=C(CC2(CC)CCCCCCCC2)C3)cc1. The molecule has 0 amide bonds. The molecule has 0 heteroatoms. The minimum Gasteiger partial charge on any atom is -0.0648 e. The monoisotopic (exact) mass is 386 g/mol. The van der Waals surface area contributed by atoms with Crippen LogP contribution < -0.4 is 0 Å². The maximum atomic E-state index is 2.56. The summed E-state index contributed by atoms with van der Waals surface area (Å²) < 4.78 is 0. The fourth-order valence-corrected chi connectivity index (χ4v) is 5.69. The summed E-state index contributed by atoms with van der Waals surface area (Å²) in [5, 5.41) is 0. The minimum absolute atomic E-state index is 0.543. The topological polar surface area (TPSA) is 0 Å². The third-order valence-electron chi connectivity index (χ3n) is 7.65. The molecule has 4 rings (SSSR count). The van der Waals surface area contributed by atoms with Crippen molar-refractivity contribution >= 4 is 6.08 Å². The number of benzene rings is 2. The van der Waals surface area contributed by atoms with Crippen LogP contribution in [0.2, 0.25) is 0 Å². The lowest BCUT2D eigenvalue weighted by Gasteiger charge is -2.33. The molecule has 0 N–H and O–H groups in total. The number of fused-ring (bicyclic) bond motifs is 1. The Kier molecular flexibility index (Phi) is 6.58. The van der Waals surface area contributed by atoms with Crippen LogP contribution in [-0.4, -0.2) is 0 Å². The number of rotatable bonds is 5. The van der Waals surface area contributed by atoms with Crippen molar-refractivity contribution in [2.24, 2.45) is 5.41 Å². The molecule has 2 aromatic carbocycles. The average molecular weight is 387 g/mol. The first-order chi connectivity index (χ1) is 14.2. The second-order valence-corrected chi connectivity index (χ2v) is 9.56. The van der Waals surface area contributed by atoms with Gasteiger partial charge in [-0.2, -0.15) is 0 Å². The Bertz CT molecular complexity index is 827. The molecule has 2 aromatic rings. The van der Waals surface area contributed by atoms with Gasteiger partial charge in [-0.25, -0.2) is 0 Å². The molecule has 0 radical (unpaired) electrons. The summed E-state index contributed by atoms with van der Waals surface area (Å²) in [7, 11) is 0. The van der Waals surface area contributed by atoms with Crippen molar-refractivity contribution in [2.45, 2.75) is 90.9 Å². The molecule has 0 atom stereocenters. The molecule has 0 aromatic heterocycles. The van der Waals surface area contributed by atoms with Gasteiger partial charge in [-0.15, -0.1) is 0 Å². The van der Waals surface area contributed by atoms with Crippen molar-refractivity contribution in [1.29, 1.82) is 0 Å². The smallest absolute Gasteiger partial charge is 0.00574 e.